The molecule has 0 unspecified atom stereocenters. The van der Waals surface area contributed by atoms with E-state index in [1.54, 1.807) is 0 Å². The minimum Gasteiger partial charge on any atom is -0.488 e. The standard InChI is InChI=1S/C56H48O4/c1-5-17-41(18-6-1)37-57-53-45-25-13-26-46(53)34-48-28-15-30-50(55(48)59-39-43-21-9-3-10-22-43)36-52-32-16-31-51(56(52)60-40-44-23-11-4-12-24-44)35-49-29-14-27-47(33-45)54(49)58-38-42-19-7-2-8-20-42/h1-32H,33-40H2. The molecule has 1 aliphatic rings. The molecule has 0 N–H and O–H groups in total. The number of hydrogen-bond donors (Lipinski definition) is 0. The second-order valence-corrected chi connectivity index (χ2v) is 15.4. The average molecular weight is 785 g/mol. The van der Waals surface area contributed by atoms with Crippen LogP contribution in [0.2, 0.25) is 0 Å². The van der Waals surface area contributed by atoms with Crippen molar-refractivity contribution >= 4 is 0 Å². The number of fused-ring (bicyclic) bond motifs is 8. The Bertz CT molecular complexity index is 2190. The highest BCUT2D eigenvalue weighted by Crippen LogP contribution is 2.39. The molecule has 296 valence electrons. The van der Waals surface area contributed by atoms with Crippen LogP contribution >= 0.6 is 0 Å². The van der Waals surface area contributed by atoms with E-state index in [9.17, 15) is 0 Å². The first-order valence-electron chi connectivity index (χ1n) is 20.8. The molecule has 8 aromatic rings. The molecular formula is C56H48O4. The van der Waals surface area contributed by atoms with Gasteiger partial charge in [0.25, 0.3) is 0 Å². The Morgan fingerprint density at radius 2 is 0.400 bits per heavy atom. The van der Waals surface area contributed by atoms with E-state index in [0.29, 0.717) is 52.1 Å². The second-order valence-electron chi connectivity index (χ2n) is 15.4. The van der Waals surface area contributed by atoms with Crippen molar-refractivity contribution in [1.29, 1.82) is 0 Å². The molecule has 8 aromatic carbocycles. The van der Waals surface area contributed by atoms with Crippen molar-refractivity contribution in [2.75, 3.05) is 0 Å². The molecule has 60 heavy (non-hydrogen) atoms. The lowest BCUT2D eigenvalue weighted by molar-refractivity contribution is 0.293. The van der Waals surface area contributed by atoms with E-state index in [2.05, 4.69) is 170 Å². The van der Waals surface area contributed by atoms with E-state index >= 15 is 0 Å². The zero-order valence-electron chi connectivity index (χ0n) is 33.8. The normalized spacial score (nSPS) is 12.0. The van der Waals surface area contributed by atoms with Gasteiger partial charge in [-0.25, -0.2) is 0 Å². The molecule has 0 aliphatic heterocycles. The third kappa shape index (κ3) is 9.30. The zero-order chi connectivity index (χ0) is 40.4. The Labute approximate surface area is 353 Å². The van der Waals surface area contributed by atoms with Gasteiger partial charge in [-0.1, -0.05) is 194 Å². The fourth-order valence-electron chi connectivity index (χ4n) is 8.15. The largest absolute Gasteiger partial charge is 0.488 e. The maximum atomic E-state index is 6.90. The summed E-state index contributed by atoms with van der Waals surface area (Å²) in [5.41, 5.74) is 13.3. The topological polar surface area (TPSA) is 36.9 Å². The van der Waals surface area contributed by atoms with Gasteiger partial charge < -0.3 is 18.9 Å². The van der Waals surface area contributed by atoms with Gasteiger partial charge in [0.15, 0.2) is 0 Å². The Morgan fingerprint density at radius 1 is 0.217 bits per heavy atom. The summed E-state index contributed by atoms with van der Waals surface area (Å²) in [6.45, 7) is 1.83. The van der Waals surface area contributed by atoms with Gasteiger partial charge in [-0.15, -0.1) is 0 Å². The predicted octanol–water partition coefficient (Wildman–Crippen LogP) is 12.7. The van der Waals surface area contributed by atoms with Crippen LogP contribution in [-0.2, 0) is 52.1 Å². The molecule has 0 amide bonds. The van der Waals surface area contributed by atoms with Gasteiger partial charge in [-0.3, -0.25) is 0 Å². The van der Waals surface area contributed by atoms with Crippen molar-refractivity contribution in [3.05, 3.63) is 261 Å². The van der Waals surface area contributed by atoms with Crippen molar-refractivity contribution in [2.24, 2.45) is 0 Å². The second kappa shape index (κ2) is 18.7. The highest BCUT2D eigenvalue weighted by Gasteiger charge is 2.22. The lowest BCUT2D eigenvalue weighted by Crippen LogP contribution is -2.09. The SMILES string of the molecule is c1ccc(COc2c3cccc2Cc2cccc(c2OCc2ccccc2)Cc2cccc(c2OCc2ccccc2)Cc2cccc(c2OCc2ccccc2)C3)cc1. The van der Waals surface area contributed by atoms with E-state index in [1.807, 2.05) is 24.3 Å². The summed E-state index contributed by atoms with van der Waals surface area (Å²) < 4.78 is 27.6. The first-order valence-corrected chi connectivity index (χ1v) is 20.8. The summed E-state index contributed by atoms with van der Waals surface area (Å²) >= 11 is 0. The van der Waals surface area contributed by atoms with Crippen LogP contribution in [0.15, 0.2) is 194 Å². The van der Waals surface area contributed by atoms with Crippen molar-refractivity contribution < 1.29 is 18.9 Å². The number of hydrogen-bond acceptors (Lipinski definition) is 4. The van der Waals surface area contributed by atoms with Crippen LogP contribution in [0.3, 0.4) is 0 Å². The first kappa shape index (κ1) is 38.5. The Morgan fingerprint density at radius 3 is 0.583 bits per heavy atom. The molecular weight excluding hydrogens is 737 g/mol. The molecule has 0 aromatic heterocycles. The minimum absolute atomic E-state index is 0.458. The summed E-state index contributed by atoms with van der Waals surface area (Å²) in [4.78, 5) is 0. The molecule has 4 nitrogen and oxygen atoms in total. The van der Waals surface area contributed by atoms with Crippen LogP contribution in [0.25, 0.3) is 0 Å². The van der Waals surface area contributed by atoms with Crippen molar-refractivity contribution in [1.82, 2.24) is 0 Å². The maximum Gasteiger partial charge on any atom is 0.126 e. The summed E-state index contributed by atoms with van der Waals surface area (Å²) in [6, 6.07) is 67.8. The maximum absolute atomic E-state index is 6.90. The third-order valence-corrected chi connectivity index (χ3v) is 11.1. The van der Waals surface area contributed by atoms with Gasteiger partial charge in [-0.05, 0) is 66.8 Å². The van der Waals surface area contributed by atoms with E-state index in [4.69, 9.17) is 18.9 Å². The quantitative estimate of drug-likeness (QED) is 0.124. The Balaban J connectivity index is 1.20. The van der Waals surface area contributed by atoms with E-state index < -0.39 is 0 Å². The minimum atomic E-state index is 0.458. The number of ether oxygens (including phenoxy) is 4. The summed E-state index contributed by atoms with van der Waals surface area (Å²) in [5.74, 6) is 3.59. The van der Waals surface area contributed by atoms with Gasteiger partial charge in [0.1, 0.15) is 49.4 Å². The van der Waals surface area contributed by atoms with Crippen molar-refractivity contribution in [3.8, 4) is 23.0 Å². The molecule has 4 heteroatoms. The lowest BCUT2D eigenvalue weighted by Gasteiger charge is -2.23. The molecule has 9 rings (SSSR count). The lowest BCUT2D eigenvalue weighted by atomic mass is 9.91. The number of para-hydroxylation sites is 4. The van der Waals surface area contributed by atoms with Gasteiger partial charge in [0.2, 0.25) is 0 Å². The van der Waals surface area contributed by atoms with Crippen LogP contribution in [0, 0.1) is 0 Å². The molecule has 0 atom stereocenters. The van der Waals surface area contributed by atoms with Gasteiger partial charge >= 0.3 is 0 Å². The molecule has 8 bridgehead atoms. The highest BCUT2D eigenvalue weighted by molar-refractivity contribution is 5.56. The monoisotopic (exact) mass is 784 g/mol. The molecule has 0 fully saturated rings. The van der Waals surface area contributed by atoms with E-state index in [1.165, 1.54) is 0 Å². The third-order valence-electron chi connectivity index (χ3n) is 11.1. The Kier molecular flexibility index (Phi) is 12.0. The number of rotatable bonds is 12. The fraction of sp³-hybridized carbons (Fsp3) is 0.143. The molecule has 1 aliphatic carbocycles. The van der Waals surface area contributed by atoms with E-state index in [0.717, 1.165) is 89.8 Å². The van der Waals surface area contributed by atoms with Crippen LogP contribution in [0.4, 0.5) is 0 Å². The predicted molar refractivity (Wildman–Crippen MR) is 240 cm³/mol. The van der Waals surface area contributed by atoms with Crippen LogP contribution in [0.1, 0.15) is 66.8 Å². The molecule has 0 saturated carbocycles. The van der Waals surface area contributed by atoms with Gasteiger partial charge in [0, 0.05) is 25.7 Å². The molecule has 0 heterocycles. The molecule has 0 saturated heterocycles. The first-order chi connectivity index (χ1) is 29.7. The highest BCUT2D eigenvalue weighted by atomic mass is 16.5. The summed E-state index contributed by atoms with van der Waals surface area (Å²) in [7, 11) is 0. The van der Waals surface area contributed by atoms with Crippen LogP contribution in [0.5, 0.6) is 23.0 Å². The van der Waals surface area contributed by atoms with E-state index in [-0.39, 0.29) is 0 Å². The van der Waals surface area contributed by atoms with Crippen molar-refractivity contribution in [3.63, 3.8) is 0 Å². The number of benzene rings is 8. The van der Waals surface area contributed by atoms with Crippen LogP contribution < -0.4 is 18.9 Å². The molecule has 0 radical (unpaired) electrons. The van der Waals surface area contributed by atoms with Gasteiger partial charge in [-0.2, -0.15) is 0 Å². The summed E-state index contributed by atoms with van der Waals surface area (Å²) in [5, 5.41) is 0. The smallest absolute Gasteiger partial charge is 0.126 e. The summed E-state index contributed by atoms with van der Waals surface area (Å²) in [6.07, 6.45) is 2.52. The Hall–Kier alpha value is -7.04. The molecule has 0 spiro atoms. The van der Waals surface area contributed by atoms with Crippen molar-refractivity contribution in [2.45, 2.75) is 52.1 Å². The fourth-order valence-corrected chi connectivity index (χ4v) is 8.15. The average Bonchev–Trinajstić information content (AvgIpc) is 3.29. The zero-order valence-corrected chi connectivity index (χ0v) is 33.8. The van der Waals surface area contributed by atoms with Gasteiger partial charge in [0.05, 0.1) is 0 Å². The van der Waals surface area contributed by atoms with Crippen LogP contribution in [-0.4, -0.2) is 0 Å².